The van der Waals surface area contributed by atoms with Crippen molar-refractivity contribution in [1.82, 2.24) is 0 Å². The van der Waals surface area contributed by atoms with Crippen LogP contribution >= 0.6 is 15.9 Å². The average molecular weight is 349 g/mol. The Morgan fingerprint density at radius 2 is 1.86 bits per heavy atom. The largest absolute Gasteiger partial charge is 0.494 e. The molecule has 0 N–H and O–H groups in total. The first kappa shape index (κ1) is 14.3. The Kier molecular flexibility index (Phi) is 4.34. The second-order valence-electron chi connectivity index (χ2n) is 4.74. The molecule has 0 saturated carbocycles. The van der Waals surface area contributed by atoms with Gasteiger partial charge < -0.3 is 14.2 Å². The highest BCUT2D eigenvalue weighted by molar-refractivity contribution is 9.09. The fourth-order valence-corrected chi connectivity index (χ4v) is 3.04. The Morgan fingerprint density at radius 3 is 2.67 bits per heavy atom. The van der Waals surface area contributed by atoms with Gasteiger partial charge in [0, 0.05) is 5.56 Å². The molecule has 3 nitrogen and oxygen atoms in total. The van der Waals surface area contributed by atoms with Gasteiger partial charge in [0.2, 0.25) is 0 Å². The number of para-hydroxylation sites is 1. The fraction of sp³-hybridized carbons (Fsp3) is 0.294. The number of benzene rings is 2. The lowest BCUT2D eigenvalue weighted by molar-refractivity contribution is 0.171. The van der Waals surface area contributed by atoms with Crippen LogP contribution in [0.1, 0.15) is 22.9 Å². The highest BCUT2D eigenvalue weighted by Gasteiger charge is 2.18. The minimum atomic E-state index is 0.0519. The second kappa shape index (κ2) is 6.39. The van der Waals surface area contributed by atoms with Gasteiger partial charge in [0.05, 0.1) is 11.4 Å². The van der Waals surface area contributed by atoms with Crippen molar-refractivity contribution in [1.29, 1.82) is 0 Å². The Balaban J connectivity index is 1.93. The molecule has 0 aromatic heterocycles. The van der Waals surface area contributed by atoms with E-state index in [2.05, 4.69) is 28.1 Å². The van der Waals surface area contributed by atoms with Crippen molar-refractivity contribution in [2.75, 3.05) is 19.8 Å². The lowest BCUT2D eigenvalue weighted by atomic mass is 10.0. The molecule has 3 rings (SSSR count). The van der Waals surface area contributed by atoms with Gasteiger partial charge in [-0.2, -0.15) is 0 Å². The van der Waals surface area contributed by atoms with Crippen molar-refractivity contribution >= 4 is 15.9 Å². The van der Waals surface area contributed by atoms with Gasteiger partial charge in [0.1, 0.15) is 19.0 Å². The summed E-state index contributed by atoms with van der Waals surface area (Å²) in [6.45, 7) is 3.85. The van der Waals surface area contributed by atoms with Crippen molar-refractivity contribution in [2.24, 2.45) is 0 Å². The van der Waals surface area contributed by atoms with Crippen molar-refractivity contribution < 1.29 is 14.2 Å². The van der Waals surface area contributed by atoms with Crippen LogP contribution in [0.15, 0.2) is 42.5 Å². The smallest absolute Gasteiger partial charge is 0.161 e. The number of alkyl halides is 1. The van der Waals surface area contributed by atoms with E-state index in [0.29, 0.717) is 19.8 Å². The summed E-state index contributed by atoms with van der Waals surface area (Å²) in [5, 5.41) is 0. The van der Waals surface area contributed by atoms with Crippen LogP contribution in [0.4, 0.5) is 0 Å². The molecule has 0 aliphatic carbocycles. The Morgan fingerprint density at radius 1 is 1.10 bits per heavy atom. The first-order valence-electron chi connectivity index (χ1n) is 7.05. The molecule has 2 aromatic carbocycles. The molecule has 0 amide bonds. The van der Waals surface area contributed by atoms with E-state index in [9.17, 15) is 0 Å². The van der Waals surface area contributed by atoms with Crippen LogP contribution in [0.25, 0.3) is 0 Å². The molecule has 1 aliphatic rings. The third kappa shape index (κ3) is 3.00. The van der Waals surface area contributed by atoms with Crippen molar-refractivity contribution in [2.45, 2.75) is 11.8 Å². The molecule has 2 aromatic rings. The average Bonchev–Trinajstić information content (AvgIpc) is 2.54. The summed E-state index contributed by atoms with van der Waals surface area (Å²) in [6, 6.07) is 14.1. The van der Waals surface area contributed by atoms with Gasteiger partial charge in [-0.1, -0.05) is 40.2 Å². The number of fused-ring (bicyclic) bond motifs is 1. The zero-order valence-electron chi connectivity index (χ0n) is 11.8. The summed E-state index contributed by atoms with van der Waals surface area (Å²) < 4.78 is 16.9. The predicted molar refractivity (Wildman–Crippen MR) is 85.8 cm³/mol. The van der Waals surface area contributed by atoms with Crippen LogP contribution in [0.3, 0.4) is 0 Å². The van der Waals surface area contributed by atoms with E-state index in [0.717, 1.165) is 28.4 Å². The quantitative estimate of drug-likeness (QED) is 0.769. The Hall–Kier alpha value is -1.68. The van der Waals surface area contributed by atoms with Crippen molar-refractivity contribution in [3.05, 3.63) is 53.6 Å². The topological polar surface area (TPSA) is 27.7 Å². The molecule has 1 aliphatic heterocycles. The number of hydrogen-bond acceptors (Lipinski definition) is 3. The highest BCUT2D eigenvalue weighted by atomic mass is 79.9. The third-order valence-electron chi connectivity index (χ3n) is 3.35. The van der Waals surface area contributed by atoms with E-state index in [4.69, 9.17) is 14.2 Å². The maximum absolute atomic E-state index is 5.71. The lowest BCUT2D eigenvalue weighted by Crippen LogP contribution is -2.15. The summed E-state index contributed by atoms with van der Waals surface area (Å²) >= 11 is 3.77. The van der Waals surface area contributed by atoms with Gasteiger partial charge >= 0.3 is 0 Å². The third-order valence-corrected chi connectivity index (χ3v) is 4.37. The molecule has 0 bridgehead atoms. The van der Waals surface area contributed by atoms with Crippen LogP contribution in [0.2, 0.25) is 0 Å². The molecular weight excluding hydrogens is 332 g/mol. The van der Waals surface area contributed by atoms with Gasteiger partial charge in [-0.3, -0.25) is 0 Å². The molecule has 21 heavy (non-hydrogen) atoms. The number of ether oxygens (including phenoxy) is 3. The molecule has 1 unspecified atom stereocenters. The van der Waals surface area contributed by atoms with Gasteiger partial charge in [0.15, 0.2) is 11.5 Å². The minimum Gasteiger partial charge on any atom is -0.494 e. The normalized spacial score (nSPS) is 14.6. The minimum absolute atomic E-state index is 0.0519. The zero-order chi connectivity index (χ0) is 14.7. The van der Waals surface area contributed by atoms with Crippen LogP contribution in [-0.2, 0) is 0 Å². The van der Waals surface area contributed by atoms with Crippen LogP contribution < -0.4 is 14.2 Å². The van der Waals surface area contributed by atoms with Crippen molar-refractivity contribution in [3.63, 3.8) is 0 Å². The van der Waals surface area contributed by atoms with Gasteiger partial charge in [-0.15, -0.1) is 0 Å². The van der Waals surface area contributed by atoms with E-state index in [-0.39, 0.29) is 4.83 Å². The monoisotopic (exact) mass is 348 g/mol. The van der Waals surface area contributed by atoms with E-state index >= 15 is 0 Å². The predicted octanol–water partition coefficient (Wildman–Crippen LogP) is 4.34. The maximum Gasteiger partial charge on any atom is 0.161 e. The zero-order valence-corrected chi connectivity index (χ0v) is 13.4. The molecule has 1 atom stereocenters. The molecule has 4 heteroatoms. The van der Waals surface area contributed by atoms with Crippen LogP contribution in [-0.4, -0.2) is 19.8 Å². The maximum atomic E-state index is 5.71. The Bertz CT molecular complexity index is 627. The van der Waals surface area contributed by atoms with E-state index in [1.54, 1.807) is 0 Å². The molecule has 0 radical (unpaired) electrons. The first-order chi connectivity index (χ1) is 10.3. The van der Waals surface area contributed by atoms with E-state index in [1.165, 1.54) is 0 Å². The fourth-order valence-electron chi connectivity index (χ4n) is 2.37. The summed E-state index contributed by atoms with van der Waals surface area (Å²) in [4.78, 5) is 0.0519. The second-order valence-corrected chi connectivity index (χ2v) is 5.65. The molecule has 0 fully saturated rings. The molecule has 0 saturated heterocycles. The number of rotatable bonds is 4. The summed E-state index contributed by atoms with van der Waals surface area (Å²) in [6.07, 6.45) is 0. The number of hydrogen-bond donors (Lipinski definition) is 0. The van der Waals surface area contributed by atoms with Gasteiger partial charge in [0.25, 0.3) is 0 Å². The Labute approximate surface area is 133 Å². The summed E-state index contributed by atoms with van der Waals surface area (Å²) in [5.41, 5.74) is 2.22. The van der Waals surface area contributed by atoms with E-state index < -0.39 is 0 Å². The highest BCUT2D eigenvalue weighted by Crippen LogP contribution is 2.40. The standard InChI is InChI=1S/C17H17BrO3/c1-2-19-14-6-4-3-5-13(14)17(18)12-7-8-15-16(11-12)21-10-9-20-15/h3-8,11,17H,2,9-10H2,1H3. The summed E-state index contributed by atoms with van der Waals surface area (Å²) in [7, 11) is 0. The summed E-state index contributed by atoms with van der Waals surface area (Å²) in [5.74, 6) is 2.51. The van der Waals surface area contributed by atoms with Crippen molar-refractivity contribution in [3.8, 4) is 17.2 Å². The van der Waals surface area contributed by atoms with E-state index in [1.807, 2.05) is 37.3 Å². The number of halogens is 1. The molecular formula is C17H17BrO3. The molecule has 1 heterocycles. The SMILES string of the molecule is CCOc1ccccc1C(Br)c1ccc2c(c1)OCCO2. The van der Waals surface area contributed by atoms with Gasteiger partial charge in [-0.25, -0.2) is 0 Å². The van der Waals surface area contributed by atoms with Gasteiger partial charge in [-0.05, 0) is 30.7 Å². The molecule has 0 spiro atoms. The molecule has 110 valence electrons. The lowest BCUT2D eigenvalue weighted by Gasteiger charge is -2.21. The van der Waals surface area contributed by atoms with Crippen LogP contribution in [0, 0.1) is 0 Å². The first-order valence-corrected chi connectivity index (χ1v) is 7.96. The van der Waals surface area contributed by atoms with Crippen LogP contribution in [0.5, 0.6) is 17.2 Å².